The molecule has 0 aliphatic rings. The topological polar surface area (TPSA) is 46.5 Å². The average Bonchev–Trinajstić information content (AvgIpc) is 1.98. The number of carbonyl (C=O) groups excluding carboxylic acids is 1. The van der Waals surface area contributed by atoms with E-state index in [2.05, 4.69) is 15.9 Å². The fourth-order valence-electron chi connectivity index (χ4n) is 0.733. The van der Waals surface area contributed by atoms with Crippen LogP contribution in [0, 0.1) is 0 Å². The predicted molar refractivity (Wildman–Crippen MR) is 47.1 cm³/mol. The molecule has 0 fully saturated rings. The third kappa shape index (κ3) is 1.98. The SMILES string of the molecule is CC(=O)Oc1cccc(O)c1Br. The molecule has 3 nitrogen and oxygen atoms in total. The van der Waals surface area contributed by atoms with E-state index >= 15 is 0 Å². The summed E-state index contributed by atoms with van der Waals surface area (Å²) in [5.41, 5.74) is 0. The Bertz CT molecular complexity index is 309. The van der Waals surface area contributed by atoms with Crippen molar-refractivity contribution < 1.29 is 14.6 Å². The lowest BCUT2D eigenvalue weighted by Crippen LogP contribution is -2.01. The van der Waals surface area contributed by atoms with Crippen LogP contribution in [0.3, 0.4) is 0 Å². The number of esters is 1. The first-order valence-corrected chi connectivity index (χ1v) is 4.06. The van der Waals surface area contributed by atoms with E-state index in [0.29, 0.717) is 10.2 Å². The van der Waals surface area contributed by atoms with Gasteiger partial charge in [-0.2, -0.15) is 0 Å². The van der Waals surface area contributed by atoms with Crippen molar-refractivity contribution in [3.8, 4) is 11.5 Å². The normalized spacial score (nSPS) is 9.50. The number of hydrogen-bond donors (Lipinski definition) is 1. The van der Waals surface area contributed by atoms with Crippen LogP contribution in [0.1, 0.15) is 6.92 Å². The smallest absolute Gasteiger partial charge is 0.308 e. The maximum absolute atomic E-state index is 10.6. The van der Waals surface area contributed by atoms with Gasteiger partial charge in [0.1, 0.15) is 16.0 Å². The molecule has 0 heterocycles. The van der Waals surface area contributed by atoms with Gasteiger partial charge in [0.05, 0.1) is 0 Å². The molecule has 0 bridgehead atoms. The molecular weight excluding hydrogens is 224 g/mol. The second-order valence-electron chi connectivity index (χ2n) is 2.18. The first-order chi connectivity index (χ1) is 5.61. The molecule has 0 spiro atoms. The maximum atomic E-state index is 10.6. The number of aromatic hydroxyl groups is 1. The van der Waals surface area contributed by atoms with Crippen molar-refractivity contribution in [2.24, 2.45) is 0 Å². The predicted octanol–water partition coefficient (Wildman–Crippen LogP) is 2.08. The summed E-state index contributed by atoms with van der Waals surface area (Å²) in [7, 11) is 0. The minimum absolute atomic E-state index is 0.0498. The number of benzene rings is 1. The molecule has 0 unspecified atom stereocenters. The van der Waals surface area contributed by atoms with E-state index < -0.39 is 5.97 Å². The highest BCUT2D eigenvalue weighted by Crippen LogP contribution is 2.32. The van der Waals surface area contributed by atoms with Crippen molar-refractivity contribution in [3.05, 3.63) is 22.7 Å². The van der Waals surface area contributed by atoms with Gasteiger partial charge in [0.2, 0.25) is 0 Å². The number of halogens is 1. The summed E-state index contributed by atoms with van der Waals surface area (Å²) in [6, 6.07) is 4.68. The van der Waals surface area contributed by atoms with Crippen molar-refractivity contribution in [2.45, 2.75) is 6.92 Å². The van der Waals surface area contributed by atoms with Gasteiger partial charge in [-0.25, -0.2) is 0 Å². The number of rotatable bonds is 1. The molecule has 0 radical (unpaired) electrons. The second kappa shape index (κ2) is 3.58. The van der Waals surface area contributed by atoms with Crippen LogP contribution in [0.4, 0.5) is 0 Å². The molecule has 0 saturated heterocycles. The van der Waals surface area contributed by atoms with Gasteiger partial charge in [-0.3, -0.25) is 4.79 Å². The lowest BCUT2D eigenvalue weighted by atomic mass is 10.3. The van der Waals surface area contributed by atoms with E-state index in [9.17, 15) is 9.90 Å². The first-order valence-electron chi connectivity index (χ1n) is 3.27. The Kier molecular flexibility index (Phi) is 2.70. The Morgan fingerprint density at radius 3 is 2.83 bits per heavy atom. The zero-order chi connectivity index (χ0) is 9.14. The van der Waals surface area contributed by atoms with E-state index in [-0.39, 0.29) is 5.75 Å². The summed E-state index contributed by atoms with van der Waals surface area (Å²) in [6.45, 7) is 1.30. The Hall–Kier alpha value is -1.03. The summed E-state index contributed by atoms with van der Waals surface area (Å²) in [5, 5.41) is 9.17. The molecule has 1 aromatic carbocycles. The highest BCUT2D eigenvalue weighted by Gasteiger charge is 2.06. The van der Waals surface area contributed by atoms with E-state index in [0.717, 1.165) is 0 Å². The third-order valence-corrected chi connectivity index (χ3v) is 1.99. The van der Waals surface area contributed by atoms with E-state index in [1.165, 1.54) is 13.0 Å². The van der Waals surface area contributed by atoms with Crippen LogP contribution < -0.4 is 4.74 Å². The summed E-state index contributed by atoms with van der Waals surface area (Å²) in [6.07, 6.45) is 0. The second-order valence-corrected chi connectivity index (χ2v) is 2.98. The minimum atomic E-state index is -0.415. The molecule has 1 N–H and O–H groups in total. The van der Waals surface area contributed by atoms with Crippen LogP contribution >= 0.6 is 15.9 Å². The summed E-state index contributed by atoms with van der Waals surface area (Å²) in [4.78, 5) is 10.6. The molecule has 4 heteroatoms. The molecule has 64 valence electrons. The van der Waals surface area contributed by atoms with Gasteiger partial charge < -0.3 is 9.84 Å². The number of ether oxygens (including phenoxy) is 1. The first kappa shape index (κ1) is 9.06. The molecule has 0 aliphatic heterocycles. The fraction of sp³-hybridized carbons (Fsp3) is 0.125. The molecule has 1 aromatic rings. The van der Waals surface area contributed by atoms with E-state index in [4.69, 9.17) is 4.74 Å². The number of phenolic OH excluding ortho intramolecular Hbond substituents is 1. The molecular formula is C8H7BrO3. The van der Waals surface area contributed by atoms with Crippen molar-refractivity contribution in [2.75, 3.05) is 0 Å². The standard InChI is InChI=1S/C8H7BrO3/c1-5(10)12-7-4-2-3-6(11)8(7)9/h2-4,11H,1H3. The molecule has 0 amide bonds. The largest absolute Gasteiger partial charge is 0.507 e. The van der Waals surface area contributed by atoms with Crippen molar-refractivity contribution >= 4 is 21.9 Å². The monoisotopic (exact) mass is 230 g/mol. The van der Waals surface area contributed by atoms with Gasteiger partial charge >= 0.3 is 5.97 Å². The van der Waals surface area contributed by atoms with Gasteiger partial charge in [0.15, 0.2) is 0 Å². The third-order valence-electron chi connectivity index (χ3n) is 1.20. The number of phenols is 1. The van der Waals surface area contributed by atoms with Crippen LogP contribution in [-0.2, 0) is 4.79 Å². The Morgan fingerprint density at radius 2 is 2.25 bits per heavy atom. The highest BCUT2D eigenvalue weighted by molar-refractivity contribution is 9.10. The van der Waals surface area contributed by atoms with Gasteiger partial charge in [-0.15, -0.1) is 0 Å². The van der Waals surface area contributed by atoms with Gasteiger partial charge in [0, 0.05) is 6.92 Å². The quantitative estimate of drug-likeness (QED) is 0.594. The van der Waals surface area contributed by atoms with Crippen molar-refractivity contribution in [1.29, 1.82) is 0 Å². The number of carbonyl (C=O) groups is 1. The summed E-state index contributed by atoms with van der Waals surface area (Å²) in [5.74, 6) is -0.0439. The van der Waals surface area contributed by atoms with Crippen LogP contribution in [-0.4, -0.2) is 11.1 Å². The zero-order valence-corrected chi connectivity index (χ0v) is 7.96. The molecule has 12 heavy (non-hydrogen) atoms. The minimum Gasteiger partial charge on any atom is -0.507 e. The molecule has 1 rings (SSSR count). The maximum Gasteiger partial charge on any atom is 0.308 e. The average molecular weight is 231 g/mol. The van der Waals surface area contributed by atoms with E-state index in [1.807, 2.05) is 0 Å². The van der Waals surface area contributed by atoms with Crippen molar-refractivity contribution in [1.82, 2.24) is 0 Å². The van der Waals surface area contributed by atoms with Crippen LogP contribution in [0.5, 0.6) is 11.5 Å². The van der Waals surface area contributed by atoms with Crippen LogP contribution in [0.2, 0.25) is 0 Å². The molecule has 0 aromatic heterocycles. The Balaban J connectivity index is 3.00. The van der Waals surface area contributed by atoms with Crippen LogP contribution in [0.25, 0.3) is 0 Å². The summed E-state index contributed by atoms with van der Waals surface area (Å²) < 4.78 is 5.17. The molecule has 0 saturated carbocycles. The molecule has 0 aliphatic carbocycles. The van der Waals surface area contributed by atoms with Gasteiger partial charge in [-0.05, 0) is 28.1 Å². The lowest BCUT2D eigenvalue weighted by molar-refractivity contribution is -0.131. The van der Waals surface area contributed by atoms with E-state index in [1.54, 1.807) is 12.1 Å². The zero-order valence-electron chi connectivity index (χ0n) is 6.37. The van der Waals surface area contributed by atoms with Gasteiger partial charge in [-0.1, -0.05) is 6.07 Å². The highest BCUT2D eigenvalue weighted by atomic mass is 79.9. The Morgan fingerprint density at radius 1 is 1.58 bits per heavy atom. The fourth-order valence-corrected chi connectivity index (χ4v) is 1.08. The molecule has 0 atom stereocenters. The van der Waals surface area contributed by atoms with Crippen LogP contribution in [0.15, 0.2) is 22.7 Å². The summed E-state index contributed by atoms with van der Waals surface area (Å²) >= 11 is 3.08. The Labute approximate surface area is 78.1 Å². The van der Waals surface area contributed by atoms with Crippen molar-refractivity contribution in [3.63, 3.8) is 0 Å². The number of hydrogen-bond acceptors (Lipinski definition) is 3. The van der Waals surface area contributed by atoms with Gasteiger partial charge in [0.25, 0.3) is 0 Å². The lowest BCUT2D eigenvalue weighted by Gasteiger charge is -2.04.